The highest BCUT2D eigenvalue weighted by Gasteiger charge is 2.38. The molecular weight excluding hydrogens is 336 g/mol. The van der Waals surface area contributed by atoms with E-state index in [0.29, 0.717) is 12.8 Å². The molecule has 0 spiro atoms. The second-order valence-corrected chi connectivity index (χ2v) is 8.29. The number of esters is 2. The monoisotopic (exact) mass is 368 g/mol. The van der Waals surface area contributed by atoms with Crippen LogP contribution < -0.4 is 0 Å². The highest BCUT2D eigenvalue weighted by Crippen LogP contribution is 2.32. The Kier molecular flexibility index (Phi) is 6.23. The van der Waals surface area contributed by atoms with Crippen LogP contribution in [-0.2, 0) is 28.5 Å². The Labute approximate surface area is 155 Å². The van der Waals surface area contributed by atoms with Crippen LogP contribution in [0.1, 0.15) is 66.2 Å². The fraction of sp³-hybridized carbons (Fsp3) is 0.900. The fourth-order valence-corrected chi connectivity index (χ4v) is 4.30. The number of hydrogen-bond donors (Lipinski definition) is 0. The van der Waals surface area contributed by atoms with Gasteiger partial charge in [0.1, 0.15) is 12.2 Å². The van der Waals surface area contributed by atoms with Gasteiger partial charge in [0.2, 0.25) is 0 Å². The number of cyclic esters (lactones) is 2. The summed E-state index contributed by atoms with van der Waals surface area (Å²) < 4.78 is 23.4. The van der Waals surface area contributed by atoms with Crippen LogP contribution in [0.15, 0.2) is 0 Å². The molecule has 6 nitrogen and oxygen atoms in total. The van der Waals surface area contributed by atoms with Crippen molar-refractivity contribution in [3.05, 3.63) is 0 Å². The van der Waals surface area contributed by atoms with Crippen molar-refractivity contribution in [3.8, 4) is 0 Å². The van der Waals surface area contributed by atoms with Gasteiger partial charge in [-0.3, -0.25) is 9.59 Å². The molecule has 0 amide bonds. The standard InChI is InChI=1S/C20H32O6/c1-11-9-15-5-7-18(25-15)14(4)20(22)24-12(2)10-16-6-8-17(26-16)13(3)19(21)23-11/h11-18H,5-10H2,1-4H3/t11-,12+,13-,14+,15-,16+,17-,18+. The van der Waals surface area contributed by atoms with E-state index in [1.165, 1.54) is 0 Å². The van der Waals surface area contributed by atoms with Gasteiger partial charge in [-0.25, -0.2) is 0 Å². The third kappa shape index (κ3) is 4.58. The molecule has 0 N–H and O–H groups in total. The second kappa shape index (κ2) is 8.26. The van der Waals surface area contributed by atoms with Gasteiger partial charge < -0.3 is 18.9 Å². The van der Waals surface area contributed by atoms with Crippen molar-refractivity contribution in [2.24, 2.45) is 11.8 Å². The molecule has 0 aromatic rings. The van der Waals surface area contributed by atoms with E-state index in [2.05, 4.69) is 0 Å². The lowest BCUT2D eigenvalue weighted by atomic mass is 10.00. The average Bonchev–Trinajstić information content (AvgIpc) is 3.21. The van der Waals surface area contributed by atoms with E-state index in [9.17, 15) is 9.59 Å². The van der Waals surface area contributed by atoms with E-state index < -0.39 is 0 Å². The zero-order chi connectivity index (χ0) is 18.8. The molecule has 3 fully saturated rings. The molecule has 3 heterocycles. The van der Waals surface area contributed by atoms with Crippen molar-refractivity contribution in [3.63, 3.8) is 0 Å². The Hall–Kier alpha value is -1.14. The summed E-state index contributed by atoms with van der Waals surface area (Å²) in [5.41, 5.74) is 0. The highest BCUT2D eigenvalue weighted by atomic mass is 16.6. The predicted octanol–water partition coefficient (Wildman–Crippen LogP) is 3.01. The molecular formula is C20H32O6. The largest absolute Gasteiger partial charge is 0.462 e. The third-order valence-corrected chi connectivity index (χ3v) is 5.96. The predicted molar refractivity (Wildman–Crippen MR) is 94.5 cm³/mol. The maximum absolute atomic E-state index is 12.5. The number of fused-ring (bicyclic) bond motifs is 4. The van der Waals surface area contributed by atoms with E-state index >= 15 is 0 Å². The lowest BCUT2D eigenvalue weighted by molar-refractivity contribution is -0.163. The number of ether oxygens (including phenoxy) is 4. The van der Waals surface area contributed by atoms with E-state index in [4.69, 9.17) is 18.9 Å². The Morgan fingerprint density at radius 1 is 0.654 bits per heavy atom. The second-order valence-electron chi connectivity index (χ2n) is 8.29. The van der Waals surface area contributed by atoms with Crippen LogP contribution in [0.4, 0.5) is 0 Å². The molecule has 0 radical (unpaired) electrons. The first-order valence-corrected chi connectivity index (χ1v) is 10.1. The number of carbonyl (C=O) groups excluding carboxylic acids is 2. The van der Waals surface area contributed by atoms with Gasteiger partial charge in [-0.15, -0.1) is 0 Å². The van der Waals surface area contributed by atoms with Gasteiger partial charge in [-0.1, -0.05) is 0 Å². The molecule has 148 valence electrons. The summed E-state index contributed by atoms with van der Waals surface area (Å²) in [6, 6.07) is 0. The van der Waals surface area contributed by atoms with Crippen molar-refractivity contribution < 1.29 is 28.5 Å². The maximum atomic E-state index is 12.5. The van der Waals surface area contributed by atoms with Crippen molar-refractivity contribution in [2.45, 2.75) is 103 Å². The van der Waals surface area contributed by atoms with E-state index in [0.717, 1.165) is 25.7 Å². The van der Waals surface area contributed by atoms with Gasteiger partial charge in [0, 0.05) is 12.8 Å². The lowest BCUT2D eigenvalue weighted by Crippen LogP contribution is -2.34. The zero-order valence-electron chi connectivity index (χ0n) is 16.3. The van der Waals surface area contributed by atoms with E-state index in [-0.39, 0.29) is 60.4 Å². The molecule has 3 aliphatic heterocycles. The first-order chi connectivity index (χ1) is 12.3. The summed E-state index contributed by atoms with van der Waals surface area (Å²) in [5.74, 6) is -0.966. The summed E-state index contributed by atoms with van der Waals surface area (Å²) in [6.07, 6.45) is 4.11. The Morgan fingerprint density at radius 2 is 1.04 bits per heavy atom. The molecule has 0 aromatic carbocycles. The Morgan fingerprint density at radius 3 is 1.42 bits per heavy atom. The third-order valence-electron chi connectivity index (χ3n) is 5.96. The Balaban J connectivity index is 1.71. The van der Waals surface area contributed by atoms with Crippen LogP contribution in [-0.4, -0.2) is 48.6 Å². The topological polar surface area (TPSA) is 71.1 Å². The van der Waals surface area contributed by atoms with E-state index in [1.54, 1.807) is 0 Å². The van der Waals surface area contributed by atoms with Gasteiger partial charge >= 0.3 is 11.9 Å². The number of hydrogen-bond acceptors (Lipinski definition) is 6. The van der Waals surface area contributed by atoms with Gasteiger partial charge in [0.05, 0.1) is 36.3 Å². The molecule has 8 atom stereocenters. The molecule has 3 rings (SSSR count). The summed E-state index contributed by atoms with van der Waals surface area (Å²) in [5, 5.41) is 0. The minimum Gasteiger partial charge on any atom is -0.462 e. The summed E-state index contributed by atoms with van der Waals surface area (Å²) >= 11 is 0. The maximum Gasteiger partial charge on any atom is 0.311 e. The first kappa shape index (κ1) is 19.6. The molecule has 0 aromatic heterocycles. The lowest BCUT2D eigenvalue weighted by Gasteiger charge is -2.26. The van der Waals surface area contributed by atoms with Crippen molar-refractivity contribution >= 4 is 11.9 Å². The summed E-state index contributed by atoms with van der Waals surface area (Å²) in [4.78, 5) is 24.9. The quantitative estimate of drug-likeness (QED) is 0.612. The van der Waals surface area contributed by atoms with Crippen LogP contribution >= 0.6 is 0 Å². The smallest absolute Gasteiger partial charge is 0.311 e. The van der Waals surface area contributed by atoms with E-state index in [1.807, 2.05) is 27.7 Å². The molecule has 3 saturated heterocycles. The minimum atomic E-state index is -0.287. The molecule has 4 bridgehead atoms. The SMILES string of the molecule is C[C@@H]1C[C@H]2CC[C@H](O2)[C@H](C)C(=O)O[C@@H](C)C[C@@H]2CC[C@@H](O2)[C@@H](C)C(=O)O1. The summed E-state index contributed by atoms with van der Waals surface area (Å²) in [7, 11) is 0. The average molecular weight is 368 g/mol. The highest BCUT2D eigenvalue weighted by molar-refractivity contribution is 5.73. The van der Waals surface area contributed by atoms with Crippen LogP contribution in [0.2, 0.25) is 0 Å². The van der Waals surface area contributed by atoms with Gasteiger partial charge in [-0.2, -0.15) is 0 Å². The van der Waals surface area contributed by atoms with Crippen LogP contribution in [0.3, 0.4) is 0 Å². The van der Waals surface area contributed by atoms with Gasteiger partial charge in [0.15, 0.2) is 0 Å². The molecule has 26 heavy (non-hydrogen) atoms. The molecule has 3 aliphatic rings. The number of carbonyl (C=O) groups is 2. The van der Waals surface area contributed by atoms with Crippen LogP contribution in [0.5, 0.6) is 0 Å². The van der Waals surface area contributed by atoms with Crippen LogP contribution in [0, 0.1) is 11.8 Å². The molecule has 0 saturated carbocycles. The Bertz CT molecular complexity index is 474. The number of rotatable bonds is 0. The first-order valence-electron chi connectivity index (χ1n) is 10.1. The normalized spacial score (nSPS) is 45.2. The van der Waals surface area contributed by atoms with Gasteiger partial charge in [-0.05, 0) is 53.4 Å². The molecule has 0 unspecified atom stereocenters. The van der Waals surface area contributed by atoms with Crippen LogP contribution in [0.25, 0.3) is 0 Å². The summed E-state index contributed by atoms with van der Waals surface area (Å²) in [6.45, 7) is 7.56. The minimum absolute atomic E-state index is 0.0193. The molecule has 0 aliphatic carbocycles. The van der Waals surface area contributed by atoms with Crippen molar-refractivity contribution in [1.29, 1.82) is 0 Å². The van der Waals surface area contributed by atoms with Crippen molar-refractivity contribution in [1.82, 2.24) is 0 Å². The zero-order valence-corrected chi connectivity index (χ0v) is 16.3. The van der Waals surface area contributed by atoms with Crippen molar-refractivity contribution in [2.75, 3.05) is 0 Å². The van der Waals surface area contributed by atoms with Gasteiger partial charge in [0.25, 0.3) is 0 Å². The molecule has 6 heteroatoms. The fourth-order valence-electron chi connectivity index (χ4n) is 4.30.